The molecule has 15 heavy (non-hydrogen) atoms. The van der Waals surface area contributed by atoms with Crippen molar-refractivity contribution >= 4 is 15.9 Å². The van der Waals surface area contributed by atoms with Gasteiger partial charge >= 0.3 is 0 Å². The van der Waals surface area contributed by atoms with Gasteiger partial charge in [-0.25, -0.2) is 4.98 Å². The second-order valence-corrected chi connectivity index (χ2v) is 4.09. The Labute approximate surface area is 95.5 Å². The first-order valence-corrected chi connectivity index (χ1v) is 5.28. The van der Waals surface area contributed by atoms with Gasteiger partial charge in [0.25, 0.3) is 5.56 Å². The minimum atomic E-state index is -0.0650. The molecule has 2 aromatic rings. The van der Waals surface area contributed by atoms with Crippen LogP contribution in [-0.4, -0.2) is 9.55 Å². The van der Waals surface area contributed by atoms with Crippen LogP contribution >= 0.6 is 15.9 Å². The first-order chi connectivity index (χ1) is 7.18. The van der Waals surface area contributed by atoms with E-state index < -0.39 is 0 Å². The Morgan fingerprint density at radius 3 is 2.67 bits per heavy atom. The van der Waals surface area contributed by atoms with Crippen LogP contribution in [-0.2, 0) is 0 Å². The van der Waals surface area contributed by atoms with Gasteiger partial charge in [0.05, 0.1) is 0 Å². The summed E-state index contributed by atoms with van der Waals surface area (Å²) in [4.78, 5) is 15.8. The lowest BCUT2D eigenvalue weighted by Gasteiger charge is -2.07. The summed E-state index contributed by atoms with van der Waals surface area (Å²) in [7, 11) is 0. The number of halogens is 1. The largest absolute Gasteiger partial charge is 0.269 e. The van der Waals surface area contributed by atoms with Gasteiger partial charge in [0.1, 0.15) is 5.82 Å². The fourth-order valence-corrected chi connectivity index (χ4v) is 1.62. The lowest BCUT2D eigenvalue weighted by molar-refractivity contribution is 0.895. The molecule has 0 amide bonds. The zero-order valence-electron chi connectivity index (χ0n) is 8.14. The summed E-state index contributed by atoms with van der Waals surface area (Å²) in [6.45, 7) is 1.88. The summed E-state index contributed by atoms with van der Waals surface area (Å²) >= 11 is 3.31. The Balaban J connectivity index is 2.64. The molecule has 2 rings (SSSR count). The molecule has 0 saturated heterocycles. The molecule has 76 valence electrons. The fraction of sp³-hybridized carbons (Fsp3) is 0.0909. The zero-order chi connectivity index (χ0) is 10.8. The summed E-state index contributed by atoms with van der Waals surface area (Å²) in [6, 6.07) is 8.81. The van der Waals surface area contributed by atoms with Crippen LogP contribution in [0.1, 0.15) is 5.69 Å². The Kier molecular flexibility index (Phi) is 2.68. The van der Waals surface area contributed by atoms with Crippen molar-refractivity contribution < 1.29 is 0 Å². The van der Waals surface area contributed by atoms with Crippen molar-refractivity contribution in [2.75, 3.05) is 0 Å². The molecule has 0 fully saturated rings. The van der Waals surface area contributed by atoms with Crippen LogP contribution in [0.15, 0.2) is 45.8 Å². The summed E-state index contributed by atoms with van der Waals surface area (Å²) in [5.74, 6) is 0.640. The maximum atomic E-state index is 11.6. The predicted molar refractivity (Wildman–Crippen MR) is 62.3 cm³/mol. The van der Waals surface area contributed by atoms with Gasteiger partial charge in [0, 0.05) is 22.4 Å². The second-order valence-electron chi connectivity index (χ2n) is 3.18. The minimum absolute atomic E-state index is 0.0650. The number of hydrogen-bond acceptors (Lipinski definition) is 2. The highest BCUT2D eigenvalue weighted by Crippen LogP contribution is 2.10. The summed E-state index contributed by atoms with van der Waals surface area (Å²) in [5, 5.41) is 0. The number of rotatable bonds is 1. The lowest BCUT2D eigenvalue weighted by atomic mass is 10.3. The van der Waals surface area contributed by atoms with Crippen LogP contribution in [0.4, 0.5) is 0 Å². The Hall–Kier alpha value is -1.42. The maximum Gasteiger partial charge on any atom is 0.256 e. The van der Waals surface area contributed by atoms with Crippen LogP contribution in [0.3, 0.4) is 0 Å². The summed E-state index contributed by atoms with van der Waals surface area (Å²) in [6.07, 6.45) is 1.67. The predicted octanol–water partition coefficient (Wildman–Crippen LogP) is 2.30. The van der Waals surface area contributed by atoms with Crippen molar-refractivity contribution in [1.29, 1.82) is 0 Å². The molecule has 0 bridgehead atoms. The number of aromatic nitrogens is 2. The quantitative estimate of drug-likeness (QED) is 0.793. The molecular formula is C11H9BrN2O. The van der Waals surface area contributed by atoms with E-state index in [1.54, 1.807) is 22.9 Å². The number of hydrogen-bond donors (Lipinski definition) is 0. The molecule has 2 heterocycles. The van der Waals surface area contributed by atoms with Crippen molar-refractivity contribution in [1.82, 2.24) is 9.55 Å². The van der Waals surface area contributed by atoms with E-state index >= 15 is 0 Å². The third kappa shape index (κ3) is 1.99. The van der Waals surface area contributed by atoms with E-state index in [0.29, 0.717) is 5.82 Å². The molecule has 0 unspecified atom stereocenters. The number of nitrogens with zero attached hydrogens (tertiary/aromatic N) is 2. The molecule has 0 aromatic carbocycles. The van der Waals surface area contributed by atoms with Gasteiger partial charge in [-0.2, -0.15) is 0 Å². The van der Waals surface area contributed by atoms with Crippen molar-refractivity contribution in [3.8, 4) is 5.82 Å². The molecule has 0 radical (unpaired) electrons. The van der Waals surface area contributed by atoms with Crippen molar-refractivity contribution in [2.24, 2.45) is 0 Å². The number of pyridine rings is 2. The standard InChI is InChI=1S/C11H9BrN2O/c1-8-3-2-4-11(15)14(8)10-6-5-9(12)7-13-10/h2-7H,1H3. The Bertz CT molecular complexity index is 531. The van der Waals surface area contributed by atoms with Gasteiger partial charge in [0.2, 0.25) is 0 Å². The smallest absolute Gasteiger partial charge is 0.256 e. The minimum Gasteiger partial charge on any atom is -0.269 e. The summed E-state index contributed by atoms with van der Waals surface area (Å²) < 4.78 is 2.47. The normalized spacial score (nSPS) is 10.3. The molecule has 0 spiro atoms. The Morgan fingerprint density at radius 1 is 1.27 bits per heavy atom. The van der Waals surface area contributed by atoms with Crippen molar-refractivity contribution in [3.63, 3.8) is 0 Å². The average molecular weight is 265 g/mol. The highest BCUT2D eigenvalue weighted by atomic mass is 79.9. The zero-order valence-corrected chi connectivity index (χ0v) is 9.73. The van der Waals surface area contributed by atoms with Gasteiger partial charge < -0.3 is 0 Å². The van der Waals surface area contributed by atoms with E-state index in [-0.39, 0.29) is 5.56 Å². The molecule has 0 N–H and O–H groups in total. The van der Waals surface area contributed by atoms with Gasteiger partial charge in [-0.15, -0.1) is 0 Å². The number of aryl methyl sites for hydroxylation is 1. The van der Waals surface area contributed by atoms with Gasteiger partial charge in [-0.1, -0.05) is 6.07 Å². The molecule has 0 aliphatic heterocycles. The van der Waals surface area contributed by atoms with Crippen molar-refractivity contribution in [3.05, 3.63) is 57.0 Å². The third-order valence-corrected chi connectivity index (χ3v) is 2.56. The van der Waals surface area contributed by atoms with Gasteiger partial charge in [-0.3, -0.25) is 9.36 Å². The van der Waals surface area contributed by atoms with E-state index in [2.05, 4.69) is 20.9 Å². The molecule has 0 saturated carbocycles. The van der Waals surface area contributed by atoms with Gasteiger partial charge in [0.15, 0.2) is 0 Å². The van der Waals surface area contributed by atoms with E-state index in [1.807, 2.05) is 19.1 Å². The maximum absolute atomic E-state index is 11.6. The van der Waals surface area contributed by atoms with E-state index in [1.165, 1.54) is 6.07 Å². The molecule has 0 atom stereocenters. The SMILES string of the molecule is Cc1cccc(=O)n1-c1ccc(Br)cn1. The third-order valence-electron chi connectivity index (χ3n) is 2.09. The van der Waals surface area contributed by atoms with Crippen LogP contribution in [0.5, 0.6) is 0 Å². The van der Waals surface area contributed by atoms with E-state index in [0.717, 1.165) is 10.2 Å². The molecule has 2 aromatic heterocycles. The monoisotopic (exact) mass is 264 g/mol. The molecule has 3 nitrogen and oxygen atoms in total. The van der Waals surface area contributed by atoms with E-state index in [4.69, 9.17) is 0 Å². The van der Waals surface area contributed by atoms with Crippen LogP contribution < -0.4 is 5.56 Å². The Morgan fingerprint density at radius 2 is 2.07 bits per heavy atom. The van der Waals surface area contributed by atoms with Crippen molar-refractivity contribution in [2.45, 2.75) is 6.92 Å². The van der Waals surface area contributed by atoms with E-state index in [9.17, 15) is 4.79 Å². The van der Waals surface area contributed by atoms with Crippen LogP contribution in [0, 0.1) is 6.92 Å². The second kappa shape index (κ2) is 3.98. The molecule has 0 aliphatic rings. The van der Waals surface area contributed by atoms with Crippen LogP contribution in [0.25, 0.3) is 5.82 Å². The highest BCUT2D eigenvalue weighted by Gasteiger charge is 2.02. The lowest BCUT2D eigenvalue weighted by Crippen LogP contribution is -2.19. The highest BCUT2D eigenvalue weighted by molar-refractivity contribution is 9.10. The summed E-state index contributed by atoms with van der Waals surface area (Å²) in [5.41, 5.74) is 0.808. The fourth-order valence-electron chi connectivity index (χ4n) is 1.39. The molecule has 4 heteroatoms. The van der Waals surface area contributed by atoms with Crippen LogP contribution in [0.2, 0.25) is 0 Å². The first kappa shape index (κ1) is 10.1. The average Bonchev–Trinajstić information content (AvgIpc) is 2.20. The molecule has 0 aliphatic carbocycles. The first-order valence-electron chi connectivity index (χ1n) is 4.49. The topological polar surface area (TPSA) is 34.9 Å². The molecular weight excluding hydrogens is 256 g/mol. The van der Waals surface area contributed by atoms with Gasteiger partial charge in [-0.05, 0) is 41.1 Å².